The van der Waals surface area contributed by atoms with Gasteiger partial charge in [-0.3, -0.25) is 4.79 Å². The highest BCUT2D eigenvalue weighted by Gasteiger charge is 2.37. The Morgan fingerprint density at radius 1 is 1.24 bits per heavy atom. The van der Waals surface area contributed by atoms with Gasteiger partial charge in [0.25, 0.3) is 0 Å². The van der Waals surface area contributed by atoms with Crippen molar-refractivity contribution in [3.05, 3.63) is 0 Å². The molecule has 3 rings (SSSR count). The van der Waals surface area contributed by atoms with Crippen LogP contribution in [0.4, 0.5) is 0 Å². The van der Waals surface area contributed by atoms with E-state index >= 15 is 0 Å². The molecule has 2 atom stereocenters. The first-order valence-corrected chi connectivity index (χ1v) is 8.92. The molecule has 3 fully saturated rings. The second-order valence-corrected chi connectivity index (χ2v) is 6.97. The third kappa shape index (κ3) is 3.59. The summed E-state index contributed by atoms with van der Waals surface area (Å²) < 4.78 is 5.60. The number of rotatable bonds is 5. The highest BCUT2D eigenvalue weighted by Crippen LogP contribution is 2.34. The van der Waals surface area contributed by atoms with Crippen molar-refractivity contribution in [3.8, 4) is 0 Å². The van der Waals surface area contributed by atoms with Gasteiger partial charge in [-0.05, 0) is 64.3 Å². The van der Waals surface area contributed by atoms with Gasteiger partial charge >= 0.3 is 0 Å². The Balaban J connectivity index is 1.50. The summed E-state index contributed by atoms with van der Waals surface area (Å²) in [5.74, 6) is 0.960. The first-order chi connectivity index (χ1) is 10.3. The van der Waals surface area contributed by atoms with Crippen molar-refractivity contribution in [2.75, 3.05) is 19.7 Å². The van der Waals surface area contributed by atoms with E-state index in [0.717, 1.165) is 39.0 Å². The molecule has 0 aromatic rings. The molecule has 0 spiro atoms. The van der Waals surface area contributed by atoms with E-state index in [1.54, 1.807) is 0 Å². The summed E-state index contributed by atoms with van der Waals surface area (Å²) in [5, 5.41) is 3.60. The van der Waals surface area contributed by atoms with Gasteiger partial charge in [0.15, 0.2) is 0 Å². The molecule has 0 bridgehead atoms. The summed E-state index contributed by atoms with van der Waals surface area (Å²) in [5.41, 5.74) is 0. The maximum absolute atomic E-state index is 12.7. The van der Waals surface area contributed by atoms with Gasteiger partial charge < -0.3 is 15.0 Å². The van der Waals surface area contributed by atoms with Crippen molar-refractivity contribution in [1.29, 1.82) is 0 Å². The molecule has 1 N–H and O–H groups in total. The van der Waals surface area contributed by atoms with Crippen molar-refractivity contribution in [2.45, 2.75) is 76.5 Å². The summed E-state index contributed by atoms with van der Waals surface area (Å²) >= 11 is 0. The number of hydrogen-bond donors (Lipinski definition) is 1. The monoisotopic (exact) mass is 294 g/mol. The predicted octanol–water partition coefficient (Wildman–Crippen LogP) is 2.32. The quantitative estimate of drug-likeness (QED) is 0.846. The van der Waals surface area contributed by atoms with Crippen molar-refractivity contribution in [1.82, 2.24) is 10.2 Å². The van der Waals surface area contributed by atoms with Gasteiger partial charge in [0, 0.05) is 31.7 Å². The minimum atomic E-state index is 0.397. The van der Waals surface area contributed by atoms with Gasteiger partial charge in [0.05, 0.1) is 6.10 Å². The molecule has 1 aliphatic carbocycles. The highest BCUT2D eigenvalue weighted by molar-refractivity contribution is 5.77. The Kier molecular flexibility index (Phi) is 5.17. The van der Waals surface area contributed by atoms with Gasteiger partial charge in [0.2, 0.25) is 5.91 Å². The smallest absolute Gasteiger partial charge is 0.223 e. The number of likely N-dealkylation sites (tertiary alicyclic amines) is 1. The van der Waals surface area contributed by atoms with E-state index in [9.17, 15) is 4.79 Å². The van der Waals surface area contributed by atoms with Crippen LogP contribution in [0.1, 0.15) is 58.3 Å². The number of ether oxygens (including phenoxy) is 1. The molecule has 3 aliphatic rings. The fourth-order valence-electron chi connectivity index (χ4n) is 4.30. The lowest BCUT2D eigenvalue weighted by Crippen LogP contribution is -2.53. The summed E-state index contributed by atoms with van der Waals surface area (Å²) in [7, 11) is 0. The molecule has 1 saturated carbocycles. The van der Waals surface area contributed by atoms with Gasteiger partial charge in [-0.1, -0.05) is 0 Å². The van der Waals surface area contributed by atoms with Crippen LogP contribution in [0.2, 0.25) is 0 Å². The van der Waals surface area contributed by atoms with Gasteiger partial charge in [-0.15, -0.1) is 0 Å². The summed E-state index contributed by atoms with van der Waals surface area (Å²) in [6, 6.07) is 1.00. The number of carbonyl (C=O) groups is 1. The van der Waals surface area contributed by atoms with E-state index in [-0.39, 0.29) is 0 Å². The Hall–Kier alpha value is -0.610. The third-order valence-corrected chi connectivity index (χ3v) is 5.49. The van der Waals surface area contributed by atoms with E-state index in [1.807, 2.05) is 6.92 Å². The molecular weight excluding hydrogens is 264 g/mol. The standard InChI is InChI=1S/C17H30N2O2/c1-2-21-14-10-13(11-14)12-17(20)19-9-4-3-7-16(19)15-6-5-8-18-15/h13-16,18H,2-12H2,1H3. The molecule has 0 aromatic carbocycles. The lowest BCUT2D eigenvalue weighted by atomic mass is 9.79. The first-order valence-electron chi connectivity index (χ1n) is 8.92. The number of carbonyl (C=O) groups excluding carboxylic acids is 1. The molecule has 1 amide bonds. The largest absolute Gasteiger partial charge is 0.378 e. The number of nitrogens with zero attached hydrogens (tertiary/aromatic N) is 1. The lowest BCUT2D eigenvalue weighted by Gasteiger charge is -2.41. The normalized spacial score (nSPS) is 36.5. The van der Waals surface area contributed by atoms with Crippen LogP contribution in [0.3, 0.4) is 0 Å². The van der Waals surface area contributed by atoms with Crippen LogP contribution in [0.5, 0.6) is 0 Å². The molecule has 4 heteroatoms. The molecule has 2 unspecified atom stereocenters. The SMILES string of the molecule is CCOC1CC(CC(=O)N2CCCCC2C2CCCN2)C1. The van der Waals surface area contributed by atoms with E-state index < -0.39 is 0 Å². The zero-order valence-electron chi connectivity index (χ0n) is 13.4. The summed E-state index contributed by atoms with van der Waals surface area (Å²) in [6.07, 6.45) is 9.49. The molecule has 120 valence electrons. The van der Waals surface area contributed by atoms with Crippen LogP contribution in [-0.4, -0.2) is 48.7 Å². The van der Waals surface area contributed by atoms with E-state index in [4.69, 9.17) is 4.74 Å². The molecule has 0 radical (unpaired) electrons. The lowest BCUT2D eigenvalue weighted by molar-refractivity contribution is -0.138. The predicted molar refractivity (Wildman–Crippen MR) is 83.1 cm³/mol. The third-order valence-electron chi connectivity index (χ3n) is 5.49. The molecule has 4 nitrogen and oxygen atoms in total. The molecule has 2 saturated heterocycles. The number of hydrogen-bond acceptors (Lipinski definition) is 3. The molecular formula is C17H30N2O2. The number of amides is 1. The van der Waals surface area contributed by atoms with Gasteiger partial charge in [-0.2, -0.15) is 0 Å². The zero-order valence-corrected chi connectivity index (χ0v) is 13.4. The van der Waals surface area contributed by atoms with E-state index in [2.05, 4.69) is 10.2 Å². The second kappa shape index (κ2) is 7.10. The van der Waals surface area contributed by atoms with Gasteiger partial charge in [0.1, 0.15) is 0 Å². The fraction of sp³-hybridized carbons (Fsp3) is 0.941. The fourth-order valence-corrected chi connectivity index (χ4v) is 4.30. The maximum Gasteiger partial charge on any atom is 0.223 e. The Morgan fingerprint density at radius 2 is 2.10 bits per heavy atom. The summed E-state index contributed by atoms with van der Waals surface area (Å²) in [6.45, 7) is 4.95. The highest BCUT2D eigenvalue weighted by atomic mass is 16.5. The van der Waals surface area contributed by atoms with Crippen LogP contribution >= 0.6 is 0 Å². The topological polar surface area (TPSA) is 41.6 Å². The molecule has 21 heavy (non-hydrogen) atoms. The van der Waals surface area contributed by atoms with Crippen molar-refractivity contribution < 1.29 is 9.53 Å². The van der Waals surface area contributed by atoms with Crippen molar-refractivity contribution in [2.24, 2.45) is 5.92 Å². The zero-order chi connectivity index (χ0) is 14.7. The van der Waals surface area contributed by atoms with Crippen LogP contribution < -0.4 is 5.32 Å². The van der Waals surface area contributed by atoms with Gasteiger partial charge in [-0.25, -0.2) is 0 Å². The van der Waals surface area contributed by atoms with Crippen molar-refractivity contribution >= 4 is 5.91 Å². The Bertz CT molecular complexity index is 349. The Morgan fingerprint density at radius 3 is 2.81 bits per heavy atom. The molecule has 2 aliphatic heterocycles. The minimum absolute atomic E-state index is 0.397. The first kappa shape index (κ1) is 15.3. The van der Waals surface area contributed by atoms with Crippen LogP contribution in [0.25, 0.3) is 0 Å². The molecule has 0 aromatic heterocycles. The summed E-state index contributed by atoms with van der Waals surface area (Å²) in [4.78, 5) is 14.9. The number of piperidine rings is 1. The van der Waals surface area contributed by atoms with Crippen LogP contribution in [0.15, 0.2) is 0 Å². The van der Waals surface area contributed by atoms with E-state index in [0.29, 0.717) is 30.0 Å². The maximum atomic E-state index is 12.7. The van der Waals surface area contributed by atoms with Crippen LogP contribution in [-0.2, 0) is 9.53 Å². The second-order valence-electron chi connectivity index (χ2n) is 6.97. The average Bonchev–Trinajstić information content (AvgIpc) is 2.99. The minimum Gasteiger partial charge on any atom is -0.378 e. The number of nitrogens with one attached hydrogen (secondary N) is 1. The van der Waals surface area contributed by atoms with E-state index in [1.165, 1.54) is 32.1 Å². The average molecular weight is 294 g/mol. The van der Waals surface area contributed by atoms with Crippen molar-refractivity contribution in [3.63, 3.8) is 0 Å². The molecule has 2 heterocycles. The van der Waals surface area contributed by atoms with Crippen LogP contribution in [0, 0.1) is 5.92 Å². The Labute approximate surface area is 128 Å².